The standard InChI is InChI=1S/C23H24FN5O/c1-14-11-15(2)28(27-14)10-9-22(30)29-18-7-8-21(29)19-13-25-23(26-20(19)12-18)16-3-5-17(24)6-4-16/h3-6,11,13,18,21H,7-10,12H2,1-2H3. The van der Waals surface area contributed by atoms with Gasteiger partial charge in [-0.05, 0) is 57.0 Å². The Morgan fingerprint density at radius 1 is 1.20 bits per heavy atom. The van der Waals surface area contributed by atoms with Crippen LogP contribution in [-0.2, 0) is 17.8 Å². The fourth-order valence-corrected chi connectivity index (χ4v) is 4.83. The van der Waals surface area contributed by atoms with E-state index in [1.165, 1.54) is 12.1 Å². The van der Waals surface area contributed by atoms with E-state index in [1.807, 2.05) is 30.8 Å². The van der Waals surface area contributed by atoms with Crippen molar-refractivity contribution in [2.75, 3.05) is 0 Å². The first-order valence-corrected chi connectivity index (χ1v) is 10.4. The third-order valence-electron chi connectivity index (χ3n) is 6.22. The maximum Gasteiger partial charge on any atom is 0.225 e. The van der Waals surface area contributed by atoms with Crippen LogP contribution in [0.4, 0.5) is 4.39 Å². The van der Waals surface area contributed by atoms with Crippen molar-refractivity contribution in [1.82, 2.24) is 24.6 Å². The number of aryl methyl sites for hydroxylation is 3. The number of carbonyl (C=O) groups excluding carboxylic acids is 1. The molecule has 3 aromatic rings. The number of benzene rings is 1. The predicted octanol–water partition coefficient (Wildman–Crippen LogP) is 3.77. The van der Waals surface area contributed by atoms with Gasteiger partial charge >= 0.3 is 0 Å². The van der Waals surface area contributed by atoms with Crippen molar-refractivity contribution < 1.29 is 9.18 Å². The number of hydrogen-bond donors (Lipinski definition) is 0. The van der Waals surface area contributed by atoms with Crippen LogP contribution in [-0.4, -0.2) is 36.6 Å². The van der Waals surface area contributed by atoms with Crippen LogP contribution in [0.3, 0.4) is 0 Å². The predicted molar refractivity (Wildman–Crippen MR) is 110 cm³/mol. The van der Waals surface area contributed by atoms with Crippen molar-refractivity contribution in [1.29, 1.82) is 0 Å². The Labute approximate surface area is 174 Å². The highest BCUT2D eigenvalue weighted by Gasteiger charge is 2.43. The second-order valence-corrected chi connectivity index (χ2v) is 8.25. The van der Waals surface area contributed by atoms with Crippen LogP contribution in [0.2, 0.25) is 0 Å². The second-order valence-electron chi connectivity index (χ2n) is 8.25. The largest absolute Gasteiger partial charge is 0.332 e. The molecular formula is C23H24FN5O. The van der Waals surface area contributed by atoms with E-state index < -0.39 is 0 Å². The Kier molecular flexibility index (Phi) is 4.60. The Hall–Kier alpha value is -3.09. The van der Waals surface area contributed by atoms with Gasteiger partial charge in [0.2, 0.25) is 5.91 Å². The summed E-state index contributed by atoms with van der Waals surface area (Å²) in [6, 6.07) is 8.50. The first-order chi connectivity index (χ1) is 14.5. The Morgan fingerprint density at radius 2 is 2.00 bits per heavy atom. The smallest absolute Gasteiger partial charge is 0.225 e. The van der Waals surface area contributed by atoms with Gasteiger partial charge in [0.15, 0.2) is 5.82 Å². The van der Waals surface area contributed by atoms with Gasteiger partial charge in [0.05, 0.1) is 17.4 Å². The summed E-state index contributed by atoms with van der Waals surface area (Å²) in [6.07, 6.45) is 4.97. The molecule has 2 aromatic heterocycles. The first-order valence-electron chi connectivity index (χ1n) is 10.4. The lowest BCUT2D eigenvalue weighted by Crippen LogP contribution is -2.42. The van der Waals surface area contributed by atoms with Crippen LogP contribution in [0.5, 0.6) is 0 Å². The van der Waals surface area contributed by atoms with Crippen molar-refractivity contribution in [3.63, 3.8) is 0 Å². The molecule has 1 aromatic carbocycles. The Bertz CT molecular complexity index is 1110. The van der Waals surface area contributed by atoms with Gasteiger partial charge in [-0.3, -0.25) is 9.48 Å². The first kappa shape index (κ1) is 18.9. The zero-order valence-electron chi connectivity index (χ0n) is 17.2. The average molecular weight is 405 g/mol. The van der Waals surface area contributed by atoms with Crippen LogP contribution in [0.1, 0.15) is 47.9 Å². The minimum absolute atomic E-state index is 0.0500. The number of hydrogen-bond acceptors (Lipinski definition) is 4. The van der Waals surface area contributed by atoms with Crippen LogP contribution >= 0.6 is 0 Å². The van der Waals surface area contributed by atoms with Crippen LogP contribution in [0.15, 0.2) is 36.5 Å². The van der Waals surface area contributed by atoms with E-state index in [9.17, 15) is 9.18 Å². The summed E-state index contributed by atoms with van der Waals surface area (Å²) in [7, 11) is 0. The minimum atomic E-state index is -0.274. The van der Waals surface area contributed by atoms with E-state index in [0.717, 1.165) is 47.5 Å². The van der Waals surface area contributed by atoms with Crippen molar-refractivity contribution in [2.24, 2.45) is 0 Å². The van der Waals surface area contributed by atoms with Gasteiger partial charge in [0, 0.05) is 48.4 Å². The molecule has 30 heavy (non-hydrogen) atoms. The van der Waals surface area contributed by atoms with E-state index >= 15 is 0 Å². The fourth-order valence-electron chi connectivity index (χ4n) is 4.83. The SMILES string of the molecule is Cc1cc(C)n(CCC(=O)N2C3CCC2c2cnc(-c4ccc(F)cc4)nc2C3)n1. The average Bonchev–Trinajstić information content (AvgIpc) is 3.23. The third-order valence-corrected chi connectivity index (χ3v) is 6.22. The molecule has 0 saturated carbocycles. The maximum atomic E-state index is 13.2. The topological polar surface area (TPSA) is 63.9 Å². The monoisotopic (exact) mass is 405 g/mol. The Balaban J connectivity index is 1.35. The third kappa shape index (κ3) is 3.28. The molecule has 0 radical (unpaired) electrons. The van der Waals surface area contributed by atoms with E-state index in [0.29, 0.717) is 18.8 Å². The quantitative estimate of drug-likeness (QED) is 0.663. The Morgan fingerprint density at radius 3 is 2.73 bits per heavy atom. The van der Waals surface area contributed by atoms with Gasteiger partial charge in [-0.2, -0.15) is 5.10 Å². The highest BCUT2D eigenvalue weighted by molar-refractivity contribution is 5.78. The lowest BCUT2D eigenvalue weighted by atomic mass is 9.98. The molecule has 2 atom stereocenters. The zero-order chi connectivity index (χ0) is 20.8. The molecule has 1 fully saturated rings. The van der Waals surface area contributed by atoms with E-state index in [-0.39, 0.29) is 23.8 Å². The molecule has 2 aliphatic rings. The van der Waals surface area contributed by atoms with Crippen molar-refractivity contribution in [3.05, 3.63) is 65.0 Å². The summed E-state index contributed by atoms with van der Waals surface area (Å²) in [5, 5.41) is 4.46. The molecule has 6 nitrogen and oxygen atoms in total. The summed E-state index contributed by atoms with van der Waals surface area (Å²) in [6.45, 7) is 4.58. The van der Waals surface area contributed by atoms with E-state index in [2.05, 4.69) is 15.0 Å². The molecule has 0 spiro atoms. The molecule has 2 bridgehead atoms. The summed E-state index contributed by atoms with van der Waals surface area (Å²) in [4.78, 5) is 24.4. The highest BCUT2D eigenvalue weighted by atomic mass is 19.1. The highest BCUT2D eigenvalue weighted by Crippen LogP contribution is 2.43. The van der Waals surface area contributed by atoms with Gasteiger partial charge in [-0.1, -0.05) is 0 Å². The number of halogens is 1. The number of carbonyl (C=O) groups is 1. The molecule has 0 aliphatic carbocycles. The molecule has 2 unspecified atom stereocenters. The summed E-state index contributed by atoms with van der Waals surface area (Å²) < 4.78 is 15.1. The lowest BCUT2D eigenvalue weighted by molar-refractivity contribution is -0.135. The number of fused-ring (bicyclic) bond motifs is 4. The number of amides is 1. The zero-order valence-corrected chi connectivity index (χ0v) is 17.2. The molecule has 4 heterocycles. The molecule has 2 aliphatic heterocycles. The van der Waals surface area contributed by atoms with Gasteiger partial charge in [0.1, 0.15) is 5.82 Å². The molecule has 1 amide bonds. The molecule has 1 saturated heterocycles. The van der Waals surface area contributed by atoms with E-state index in [4.69, 9.17) is 4.98 Å². The fraction of sp³-hybridized carbons (Fsp3) is 0.391. The molecule has 7 heteroatoms. The molecule has 0 N–H and O–H groups in total. The second kappa shape index (κ2) is 7.31. The maximum absolute atomic E-state index is 13.2. The van der Waals surface area contributed by atoms with Crippen molar-refractivity contribution in [3.8, 4) is 11.4 Å². The van der Waals surface area contributed by atoms with Crippen LogP contribution in [0.25, 0.3) is 11.4 Å². The normalized spacial score (nSPS) is 19.8. The van der Waals surface area contributed by atoms with Crippen LogP contribution in [0, 0.1) is 19.7 Å². The van der Waals surface area contributed by atoms with E-state index in [1.54, 1.807) is 12.1 Å². The molecule has 154 valence electrons. The summed E-state index contributed by atoms with van der Waals surface area (Å²) in [5.41, 5.74) is 4.92. The lowest BCUT2D eigenvalue weighted by Gasteiger charge is -2.36. The van der Waals surface area contributed by atoms with Gasteiger partial charge in [-0.15, -0.1) is 0 Å². The van der Waals surface area contributed by atoms with Gasteiger partial charge in [-0.25, -0.2) is 14.4 Å². The number of nitrogens with zero attached hydrogens (tertiary/aromatic N) is 5. The molecular weight excluding hydrogens is 381 g/mol. The van der Waals surface area contributed by atoms with Crippen LogP contribution < -0.4 is 0 Å². The van der Waals surface area contributed by atoms with Crippen molar-refractivity contribution >= 4 is 5.91 Å². The summed E-state index contributed by atoms with van der Waals surface area (Å²) in [5.74, 6) is 0.505. The summed E-state index contributed by atoms with van der Waals surface area (Å²) >= 11 is 0. The van der Waals surface area contributed by atoms with Gasteiger partial charge < -0.3 is 4.90 Å². The minimum Gasteiger partial charge on any atom is -0.332 e. The van der Waals surface area contributed by atoms with Gasteiger partial charge in [0.25, 0.3) is 0 Å². The number of rotatable bonds is 4. The number of aromatic nitrogens is 4. The van der Waals surface area contributed by atoms with Crippen molar-refractivity contribution in [2.45, 2.75) is 58.2 Å². The molecule has 5 rings (SSSR count).